The second kappa shape index (κ2) is 7.19. The SMILES string of the molecule is Cc1cccc(OCC(=O)N/C=C(\O)Cc2ccco2)c1. The molecule has 1 aromatic heterocycles. The summed E-state index contributed by atoms with van der Waals surface area (Å²) in [5, 5.41) is 12.1. The van der Waals surface area contributed by atoms with Crippen LogP contribution in [-0.4, -0.2) is 17.6 Å². The lowest BCUT2D eigenvalue weighted by Gasteiger charge is -2.06. The number of rotatable bonds is 6. The van der Waals surface area contributed by atoms with Gasteiger partial charge in [-0.2, -0.15) is 0 Å². The van der Waals surface area contributed by atoms with Crippen molar-refractivity contribution in [2.45, 2.75) is 13.3 Å². The Bertz CT molecular complexity index is 617. The fourth-order valence-corrected chi connectivity index (χ4v) is 1.70. The molecule has 2 N–H and O–H groups in total. The predicted octanol–water partition coefficient (Wildman–Crippen LogP) is 2.73. The molecule has 0 saturated heterocycles. The van der Waals surface area contributed by atoms with E-state index in [0.717, 1.165) is 5.56 Å². The van der Waals surface area contributed by atoms with E-state index < -0.39 is 0 Å². The standard InChI is InChI=1S/C16H17NO4/c1-12-4-2-5-14(8-12)21-11-16(19)17-10-13(18)9-15-6-3-7-20-15/h2-8,10,18H,9,11H2,1H3,(H,17,19)/b13-10-. The lowest BCUT2D eigenvalue weighted by Crippen LogP contribution is -2.25. The van der Waals surface area contributed by atoms with Crippen LogP contribution in [0.3, 0.4) is 0 Å². The Morgan fingerprint density at radius 3 is 2.95 bits per heavy atom. The first-order chi connectivity index (χ1) is 10.1. The molecule has 0 radical (unpaired) electrons. The van der Waals surface area contributed by atoms with E-state index in [0.29, 0.717) is 11.5 Å². The number of allylic oxidation sites excluding steroid dienone is 1. The van der Waals surface area contributed by atoms with Gasteiger partial charge in [-0.05, 0) is 36.8 Å². The van der Waals surface area contributed by atoms with Crippen molar-refractivity contribution in [3.05, 3.63) is 65.9 Å². The van der Waals surface area contributed by atoms with Gasteiger partial charge in [0.25, 0.3) is 5.91 Å². The van der Waals surface area contributed by atoms with E-state index in [4.69, 9.17) is 9.15 Å². The summed E-state index contributed by atoms with van der Waals surface area (Å²) in [6, 6.07) is 10.9. The van der Waals surface area contributed by atoms with E-state index in [9.17, 15) is 9.90 Å². The van der Waals surface area contributed by atoms with Gasteiger partial charge < -0.3 is 19.6 Å². The zero-order valence-electron chi connectivity index (χ0n) is 11.7. The first-order valence-corrected chi connectivity index (χ1v) is 6.53. The summed E-state index contributed by atoms with van der Waals surface area (Å²) >= 11 is 0. The number of carbonyl (C=O) groups excluding carboxylic acids is 1. The number of aliphatic hydroxyl groups is 1. The molecule has 0 aliphatic rings. The minimum absolute atomic E-state index is 0.00820. The normalized spacial score (nSPS) is 11.2. The quantitative estimate of drug-likeness (QED) is 0.801. The Labute approximate surface area is 122 Å². The molecule has 1 heterocycles. The molecule has 0 bridgehead atoms. The number of benzene rings is 1. The summed E-state index contributed by atoms with van der Waals surface area (Å²) in [7, 11) is 0. The molecule has 21 heavy (non-hydrogen) atoms. The highest BCUT2D eigenvalue weighted by atomic mass is 16.5. The van der Waals surface area contributed by atoms with E-state index in [1.54, 1.807) is 18.2 Å². The maximum absolute atomic E-state index is 11.6. The topological polar surface area (TPSA) is 71.7 Å². The summed E-state index contributed by atoms with van der Waals surface area (Å²) in [5.74, 6) is 0.916. The zero-order chi connectivity index (χ0) is 15.1. The molecule has 0 fully saturated rings. The van der Waals surface area contributed by atoms with Crippen LogP contribution < -0.4 is 10.1 Å². The molecule has 1 amide bonds. The van der Waals surface area contributed by atoms with Crippen LogP contribution in [0.2, 0.25) is 0 Å². The molecule has 1 aromatic carbocycles. The molecular weight excluding hydrogens is 270 g/mol. The largest absolute Gasteiger partial charge is 0.510 e. The van der Waals surface area contributed by atoms with Crippen LogP contribution in [0.5, 0.6) is 5.75 Å². The van der Waals surface area contributed by atoms with Crippen LogP contribution in [0, 0.1) is 6.92 Å². The van der Waals surface area contributed by atoms with Crippen molar-refractivity contribution >= 4 is 5.91 Å². The first kappa shape index (κ1) is 14.7. The maximum atomic E-state index is 11.6. The van der Waals surface area contributed by atoms with Crippen LogP contribution in [-0.2, 0) is 11.2 Å². The average molecular weight is 287 g/mol. The first-order valence-electron chi connectivity index (χ1n) is 6.53. The van der Waals surface area contributed by atoms with Gasteiger partial charge in [-0.3, -0.25) is 4.79 Å². The highest BCUT2D eigenvalue weighted by Crippen LogP contribution is 2.11. The van der Waals surface area contributed by atoms with Gasteiger partial charge in [0.05, 0.1) is 12.7 Å². The van der Waals surface area contributed by atoms with E-state index in [-0.39, 0.29) is 24.7 Å². The molecule has 0 saturated carbocycles. The fraction of sp³-hybridized carbons (Fsp3) is 0.188. The van der Waals surface area contributed by atoms with Gasteiger partial charge >= 0.3 is 0 Å². The Morgan fingerprint density at radius 1 is 1.38 bits per heavy atom. The Morgan fingerprint density at radius 2 is 2.24 bits per heavy atom. The number of aryl methyl sites for hydroxylation is 1. The smallest absolute Gasteiger partial charge is 0.261 e. The van der Waals surface area contributed by atoms with E-state index in [1.165, 1.54) is 12.5 Å². The molecule has 0 spiro atoms. The van der Waals surface area contributed by atoms with Crippen LogP contribution in [0.1, 0.15) is 11.3 Å². The number of hydrogen-bond acceptors (Lipinski definition) is 4. The molecular formula is C16H17NO4. The van der Waals surface area contributed by atoms with Crippen LogP contribution in [0.15, 0.2) is 59.0 Å². The summed E-state index contributed by atoms with van der Waals surface area (Å²) in [5.41, 5.74) is 1.06. The molecule has 5 heteroatoms. The summed E-state index contributed by atoms with van der Waals surface area (Å²) < 4.78 is 10.4. The van der Waals surface area contributed by atoms with E-state index >= 15 is 0 Å². The van der Waals surface area contributed by atoms with Crippen LogP contribution in [0.4, 0.5) is 0 Å². The Balaban J connectivity index is 1.76. The average Bonchev–Trinajstić information content (AvgIpc) is 2.96. The number of amides is 1. The third-order valence-electron chi connectivity index (χ3n) is 2.69. The fourth-order valence-electron chi connectivity index (χ4n) is 1.70. The zero-order valence-corrected chi connectivity index (χ0v) is 11.7. The van der Waals surface area contributed by atoms with Gasteiger partial charge in [-0.1, -0.05) is 12.1 Å². The minimum atomic E-state index is -0.345. The lowest BCUT2D eigenvalue weighted by molar-refractivity contribution is -0.122. The lowest BCUT2D eigenvalue weighted by atomic mass is 10.2. The van der Waals surface area contributed by atoms with Gasteiger partial charge in [0.2, 0.25) is 0 Å². The maximum Gasteiger partial charge on any atom is 0.261 e. The van der Waals surface area contributed by atoms with Gasteiger partial charge in [0, 0.05) is 6.20 Å². The molecule has 0 aliphatic carbocycles. The molecule has 5 nitrogen and oxygen atoms in total. The Kier molecular flexibility index (Phi) is 5.04. The second-order valence-corrected chi connectivity index (χ2v) is 4.56. The van der Waals surface area contributed by atoms with Crippen molar-refractivity contribution in [2.24, 2.45) is 0 Å². The van der Waals surface area contributed by atoms with Crippen molar-refractivity contribution in [1.82, 2.24) is 5.32 Å². The summed E-state index contributed by atoms with van der Waals surface area (Å²) in [4.78, 5) is 11.6. The number of ether oxygens (including phenoxy) is 1. The van der Waals surface area contributed by atoms with Crippen molar-refractivity contribution in [3.63, 3.8) is 0 Å². The van der Waals surface area contributed by atoms with Crippen LogP contribution >= 0.6 is 0 Å². The molecule has 0 unspecified atom stereocenters. The van der Waals surface area contributed by atoms with E-state index in [2.05, 4.69) is 5.32 Å². The van der Waals surface area contributed by atoms with Crippen molar-refractivity contribution in [1.29, 1.82) is 0 Å². The molecule has 0 aliphatic heterocycles. The van der Waals surface area contributed by atoms with Gasteiger partial charge in [0.1, 0.15) is 17.3 Å². The second-order valence-electron chi connectivity index (χ2n) is 4.56. The highest BCUT2D eigenvalue weighted by Gasteiger charge is 2.03. The molecule has 110 valence electrons. The number of hydrogen-bond donors (Lipinski definition) is 2. The number of nitrogens with one attached hydrogen (secondary N) is 1. The highest BCUT2D eigenvalue weighted by molar-refractivity contribution is 5.78. The van der Waals surface area contributed by atoms with Gasteiger partial charge in [0.15, 0.2) is 6.61 Å². The predicted molar refractivity (Wildman–Crippen MR) is 77.9 cm³/mol. The van der Waals surface area contributed by atoms with E-state index in [1.807, 2.05) is 25.1 Å². The summed E-state index contributed by atoms with van der Waals surface area (Å²) in [6.07, 6.45) is 2.99. The van der Waals surface area contributed by atoms with Crippen molar-refractivity contribution in [2.75, 3.05) is 6.61 Å². The monoisotopic (exact) mass is 287 g/mol. The number of carbonyl (C=O) groups is 1. The van der Waals surface area contributed by atoms with Crippen LogP contribution in [0.25, 0.3) is 0 Å². The van der Waals surface area contributed by atoms with Gasteiger partial charge in [-0.25, -0.2) is 0 Å². The van der Waals surface area contributed by atoms with Gasteiger partial charge in [-0.15, -0.1) is 0 Å². The Hall–Kier alpha value is -2.69. The van der Waals surface area contributed by atoms with Crippen molar-refractivity contribution < 1.29 is 19.1 Å². The molecule has 2 aromatic rings. The number of furan rings is 1. The minimum Gasteiger partial charge on any atom is -0.510 e. The summed E-state index contributed by atoms with van der Waals surface area (Å²) in [6.45, 7) is 1.83. The third kappa shape index (κ3) is 5.06. The molecule has 0 atom stereocenters. The number of aliphatic hydroxyl groups excluding tert-OH is 1. The molecule has 2 rings (SSSR count). The van der Waals surface area contributed by atoms with Crippen molar-refractivity contribution in [3.8, 4) is 5.75 Å². The third-order valence-corrected chi connectivity index (χ3v) is 2.69.